The number of anilines is 2. The monoisotopic (exact) mass is 463 g/mol. The molecule has 0 aliphatic carbocycles. The van der Waals surface area contributed by atoms with Crippen molar-refractivity contribution in [2.45, 2.75) is 26.9 Å². The van der Waals surface area contributed by atoms with E-state index in [0.29, 0.717) is 18.2 Å². The molecule has 0 aliphatic heterocycles. The van der Waals surface area contributed by atoms with Gasteiger partial charge in [0.25, 0.3) is 0 Å². The van der Waals surface area contributed by atoms with Gasteiger partial charge in [0.1, 0.15) is 11.5 Å². The van der Waals surface area contributed by atoms with E-state index in [9.17, 15) is 0 Å². The summed E-state index contributed by atoms with van der Waals surface area (Å²) in [5, 5.41) is 4.03. The van der Waals surface area contributed by atoms with Crippen molar-refractivity contribution in [1.82, 2.24) is 4.90 Å². The van der Waals surface area contributed by atoms with Crippen molar-refractivity contribution < 1.29 is 9.47 Å². The van der Waals surface area contributed by atoms with Gasteiger partial charge in [0.2, 0.25) is 0 Å². The maximum absolute atomic E-state index is 5.83. The number of rotatable bonds is 10. The highest BCUT2D eigenvalue weighted by Gasteiger charge is 2.13. The van der Waals surface area contributed by atoms with Gasteiger partial charge in [0.05, 0.1) is 14.2 Å². The number of hydrogen-bond donors (Lipinski definition) is 1. The molecule has 0 radical (unpaired) electrons. The molecule has 0 saturated heterocycles. The van der Waals surface area contributed by atoms with Crippen LogP contribution in [0.3, 0.4) is 0 Å². The second-order valence-electron chi connectivity index (χ2n) is 7.70. The van der Waals surface area contributed by atoms with Crippen LogP contribution in [0.5, 0.6) is 11.5 Å². The maximum atomic E-state index is 5.83. The standard InChI is InChI=1S/C27H33N3O2S/c1-5-29(6-2)24-14-10-21(11-15-24)19-30(20-22-12-16-25(31-3)17-13-22)27(33)28-23-8-7-9-26(18-23)32-4/h7-18H,5-6,19-20H2,1-4H3,(H,28,33). The lowest BCUT2D eigenvalue weighted by Crippen LogP contribution is -2.33. The summed E-state index contributed by atoms with van der Waals surface area (Å²) in [6.07, 6.45) is 0. The first-order valence-electron chi connectivity index (χ1n) is 11.2. The van der Waals surface area contributed by atoms with Crippen LogP contribution in [0.15, 0.2) is 72.8 Å². The summed E-state index contributed by atoms with van der Waals surface area (Å²) in [5.74, 6) is 1.63. The third kappa shape index (κ3) is 6.86. The van der Waals surface area contributed by atoms with Gasteiger partial charge in [-0.25, -0.2) is 0 Å². The van der Waals surface area contributed by atoms with Crippen LogP contribution in [0, 0.1) is 0 Å². The lowest BCUT2D eigenvalue weighted by atomic mass is 10.1. The summed E-state index contributed by atoms with van der Waals surface area (Å²) in [6, 6.07) is 24.6. The zero-order chi connectivity index (χ0) is 23.6. The van der Waals surface area contributed by atoms with Gasteiger partial charge in [0.15, 0.2) is 5.11 Å². The van der Waals surface area contributed by atoms with Crippen LogP contribution >= 0.6 is 12.2 Å². The Bertz CT molecular complexity index is 1020. The Morgan fingerprint density at radius 1 is 0.788 bits per heavy atom. The lowest BCUT2D eigenvalue weighted by molar-refractivity contribution is 0.407. The molecule has 3 aromatic carbocycles. The molecule has 0 saturated carbocycles. The van der Waals surface area contributed by atoms with Crippen molar-refractivity contribution in [1.29, 1.82) is 0 Å². The Balaban J connectivity index is 1.80. The number of nitrogens with one attached hydrogen (secondary N) is 1. The second-order valence-corrected chi connectivity index (χ2v) is 8.09. The SMILES string of the molecule is CCN(CC)c1ccc(CN(Cc2ccc(OC)cc2)C(=S)Nc2cccc(OC)c2)cc1. The zero-order valence-corrected chi connectivity index (χ0v) is 20.7. The molecule has 1 N–H and O–H groups in total. The van der Waals surface area contributed by atoms with E-state index in [2.05, 4.69) is 65.4 Å². The molecule has 0 heterocycles. The summed E-state index contributed by atoms with van der Waals surface area (Å²) < 4.78 is 10.6. The molecule has 0 aromatic heterocycles. The largest absolute Gasteiger partial charge is 0.497 e. The van der Waals surface area contributed by atoms with Crippen molar-refractivity contribution in [3.05, 3.63) is 83.9 Å². The Morgan fingerprint density at radius 3 is 1.91 bits per heavy atom. The highest BCUT2D eigenvalue weighted by molar-refractivity contribution is 7.80. The topological polar surface area (TPSA) is 37.0 Å². The molecule has 0 atom stereocenters. The van der Waals surface area contributed by atoms with Crippen molar-refractivity contribution in [2.24, 2.45) is 0 Å². The Hall–Kier alpha value is -3.25. The van der Waals surface area contributed by atoms with Crippen LogP contribution in [0.4, 0.5) is 11.4 Å². The molecule has 0 amide bonds. The molecular formula is C27H33N3O2S. The van der Waals surface area contributed by atoms with E-state index >= 15 is 0 Å². The quantitative estimate of drug-likeness (QED) is 0.375. The maximum Gasteiger partial charge on any atom is 0.174 e. The van der Waals surface area contributed by atoms with Crippen LogP contribution in [0.2, 0.25) is 0 Å². The fourth-order valence-electron chi connectivity index (χ4n) is 3.68. The number of methoxy groups -OCH3 is 2. The summed E-state index contributed by atoms with van der Waals surface area (Å²) in [4.78, 5) is 4.51. The summed E-state index contributed by atoms with van der Waals surface area (Å²) in [5.41, 5.74) is 4.50. The van der Waals surface area contributed by atoms with Gasteiger partial charge >= 0.3 is 0 Å². The van der Waals surface area contributed by atoms with Gasteiger partial charge < -0.3 is 24.6 Å². The van der Waals surface area contributed by atoms with E-state index < -0.39 is 0 Å². The molecule has 5 nitrogen and oxygen atoms in total. The fourth-order valence-corrected chi connectivity index (χ4v) is 3.92. The van der Waals surface area contributed by atoms with Gasteiger partial charge in [-0.05, 0) is 73.6 Å². The van der Waals surface area contributed by atoms with Crippen LogP contribution in [0.1, 0.15) is 25.0 Å². The highest BCUT2D eigenvalue weighted by Crippen LogP contribution is 2.21. The molecule has 3 rings (SSSR count). The molecular weight excluding hydrogens is 430 g/mol. The first-order valence-corrected chi connectivity index (χ1v) is 11.6. The van der Waals surface area contributed by atoms with Crippen molar-refractivity contribution in [2.75, 3.05) is 37.5 Å². The van der Waals surface area contributed by atoms with Crippen molar-refractivity contribution in [3.63, 3.8) is 0 Å². The molecule has 0 fully saturated rings. The molecule has 6 heteroatoms. The van der Waals surface area contributed by atoms with E-state index in [1.165, 1.54) is 11.3 Å². The summed E-state index contributed by atoms with van der Waals surface area (Å²) in [6.45, 7) is 7.72. The van der Waals surface area contributed by atoms with Gasteiger partial charge in [-0.3, -0.25) is 0 Å². The highest BCUT2D eigenvalue weighted by atomic mass is 32.1. The number of benzene rings is 3. The molecule has 0 bridgehead atoms. The molecule has 33 heavy (non-hydrogen) atoms. The number of ether oxygens (including phenoxy) is 2. The van der Waals surface area contributed by atoms with E-state index in [1.54, 1.807) is 14.2 Å². The smallest absolute Gasteiger partial charge is 0.174 e. The minimum atomic E-state index is 0.659. The van der Waals surface area contributed by atoms with Gasteiger partial charge in [-0.1, -0.05) is 30.3 Å². The Labute approximate surface area is 202 Å². The van der Waals surface area contributed by atoms with Crippen LogP contribution in [-0.4, -0.2) is 37.3 Å². The first kappa shape index (κ1) is 24.4. The molecule has 174 valence electrons. The fraction of sp³-hybridized carbons (Fsp3) is 0.296. The normalized spacial score (nSPS) is 10.4. The van der Waals surface area contributed by atoms with Crippen molar-refractivity contribution >= 4 is 28.7 Å². The molecule has 0 unspecified atom stereocenters. The zero-order valence-electron chi connectivity index (χ0n) is 19.9. The third-order valence-electron chi connectivity index (χ3n) is 5.58. The van der Waals surface area contributed by atoms with Crippen LogP contribution in [-0.2, 0) is 13.1 Å². The average Bonchev–Trinajstić information content (AvgIpc) is 2.86. The number of nitrogens with zero attached hydrogens (tertiary/aromatic N) is 2. The Morgan fingerprint density at radius 2 is 1.36 bits per heavy atom. The van der Waals surface area contributed by atoms with E-state index in [0.717, 1.165) is 35.8 Å². The van der Waals surface area contributed by atoms with Crippen LogP contribution in [0.25, 0.3) is 0 Å². The minimum absolute atomic E-state index is 0.659. The predicted molar refractivity (Wildman–Crippen MR) is 141 cm³/mol. The third-order valence-corrected chi connectivity index (χ3v) is 5.94. The van der Waals surface area contributed by atoms with Crippen molar-refractivity contribution in [3.8, 4) is 11.5 Å². The Kier molecular flexibility index (Phi) is 8.95. The van der Waals surface area contributed by atoms with E-state index in [-0.39, 0.29) is 0 Å². The summed E-state index contributed by atoms with van der Waals surface area (Å²) in [7, 11) is 3.34. The van der Waals surface area contributed by atoms with E-state index in [4.69, 9.17) is 21.7 Å². The van der Waals surface area contributed by atoms with E-state index in [1.807, 2.05) is 36.4 Å². The number of thiocarbonyl (C=S) groups is 1. The number of hydrogen-bond acceptors (Lipinski definition) is 4. The molecule has 3 aromatic rings. The predicted octanol–water partition coefficient (Wildman–Crippen LogP) is 5.95. The van der Waals surface area contributed by atoms with Gasteiger partial charge in [-0.2, -0.15) is 0 Å². The molecule has 0 spiro atoms. The average molecular weight is 464 g/mol. The van der Waals surface area contributed by atoms with Gasteiger partial charge in [-0.15, -0.1) is 0 Å². The summed E-state index contributed by atoms with van der Waals surface area (Å²) >= 11 is 5.83. The second kappa shape index (κ2) is 12.1. The first-order chi connectivity index (χ1) is 16.1. The minimum Gasteiger partial charge on any atom is -0.497 e. The lowest BCUT2D eigenvalue weighted by Gasteiger charge is -2.27. The van der Waals surface area contributed by atoms with Gasteiger partial charge in [0, 0.05) is 43.6 Å². The molecule has 0 aliphatic rings. The van der Waals surface area contributed by atoms with Crippen LogP contribution < -0.4 is 19.7 Å².